The minimum atomic E-state index is -0.641. The number of hydrogen-bond donors (Lipinski definition) is 2. The summed E-state index contributed by atoms with van der Waals surface area (Å²) >= 11 is 0. The quantitative estimate of drug-likeness (QED) is 0.591. The smallest absolute Gasteiger partial charge is 0.332 e. The van der Waals surface area contributed by atoms with Crippen molar-refractivity contribution in [2.24, 2.45) is 16.8 Å². The molecular formula is C12H17N3O. The van der Waals surface area contributed by atoms with Crippen LogP contribution in [-0.4, -0.2) is 11.7 Å². The molecule has 16 heavy (non-hydrogen) atoms. The topological polar surface area (TPSA) is 67.5 Å². The fourth-order valence-corrected chi connectivity index (χ4v) is 1.37. The van der Waals surface area contributed by atoms with Gasteiger partial charge in [0.15, 0.2) is 0 Å². The molecule has 0 aromatic heterocycles. The van der Waals surface area contributed by atoms with Gasteiger partial charge in [0.1, 0.15) is 0 Å². The molecule has 0 saturated heterocycles. The van der Waals surface area contributed by atoms with Gasteiger partial charge in [-0.25, -0.2) is 10.2 Å². The fourth-order valence-electron chi connectivity index (χ4n) is 1.37. The second kappa shape index (κ2) is 5.90. The number of nitrogens with one attached hydrogen (secondary N) is 1. The maximum absolute atomic E-state index is 10.6. The molecule has 1 rings (SSSR count). The lowest BCUT2D eigenvalue weighted by atomic mass is 10.0. The number of hydrazone groups is 1. The van der Waals surface area contributed by atoms with Crippen molar-refractivity contribution in [3.8, 4) is 0 Å². The van der Waals surface area contributed by atoms with Gasteiger partial charge in [-0.05, 0) is 17.9 Å². The highest BCUT2D eigenvalue weighted by atomic mass is 16.2. The number of hydrogen-bond acceptors (Lipinski definition) is 2. The first kappa shape index (κ1) is 12.2. The summed E-state index contributed by atoms with van der Waals surface area (Å²) in [6, 6.07) is 9.11. The number of nitrogens with two attached hydrogens (primary N) is 1. The van der Waals surface area contributed by atoms with Gasteiger partial charge in [0.2, 0.25) is 0 Å². The number of amides is 2. The van der Waals surface area contributed by atoms with Gasteiger partial charge in [0.05, 0.1) is 5.71 Å². The van der Waals surface area contributed by atoms with Crippen LogP contribution < -0.4 is 11.2 Å². The molecule has 0 saturated carbocycles. The normalized spacial score (nSPS) is 11.6. The standard InChI is InChI=1S/C12H17N3O/c1-9(2)8-11(14-15-12(13)16)10-6-4-3-5-7-10/h3-7,9H,8H2,1-2H3,(H3,13,15,16). The third kappa shape index (κ3) is 4.13. The van der Waals surface area contributed by atoms with E-state index in [1.807, 2.05) is 30.3 Å². The summed E-state index contributed by atoms with van der Waals surface area (Å²) in [6.45, 7) is 4.20. The van der Waals surface area contributed by atoms with Crippen LogP contribution in [0.3, 0.4) is 0 Å². The molecule has 0 radical (unpaired) electrons. The first-order valence-electron chi connectivity index (χ1n) is 5.27. The monoisotopic (exact) mass is 219 g/mol. The molecule has 1 aromatic carbocycles. The molecule has 1 aromatic rings. The number of primary amides is 1. The molecule has 0 atom stereocenters. The third-order valence-corrected chi connectivity index (χ3v) is 2.01. The first-order chi connectivity index (χ1) is 7.59. The molecule has 0 unspecified atom stereocenters. The lowest BCUT2D eigenvalue weighted by Crippen LogP contribution is -2.26. The summed E-state index contributed by atoms with van der Waals surface area (Å²) in [7, 11) is 0. The van der Waals surface area contributed by atoms with E-state index in [0.29, 0.717) is 5.92 Å². The van der Waals surface area contributed by atoms with Crippen LogP contribution in [0.5, 0.6) is 0 Å². The van der Waals surface area contributed by atoms with E-state index in [1.165, 1.54) is 0 Å². The zero-order valence-corrected chi connectivity index (χ0v) is 9.60. The Morgan fingerprint density at radius 3 is 2.50 bits per heavy atom. The van der Waals surface area contributed by atoms with Crippen molar-refractivity contribution in [3.63, 3.8) is 0 Å². The largest absolute Gasteiger partial charge is 0.350 e. The predicted molar refractivity (Wildman–Crippen MR) is 65.2 cm³/mol. The molecule has 2 amide bonds. The summed E-state index contributed by atoms with van der Waals surface area (Å²) in [5, 5.41) is 4.03. The highest BCUT2D eigenvalue weighted by Crippen LogP contribution is 2.09. The van der Waals surface area contributed by atoms with Crippen molar-refractivity contribution in [3.05, 3.63) is 35.9 Å². The summed E-state index contributed by atoms with van der Waals surface area (Å²) in [5.41, 5.74) is 9.12. The Morgan fingerprint density at radius 1 is 1.38 bits per heavy atom. The molecule has 0 heterocycles. The zero-order valence-electron chi connectivity index (χ0n) is 9.60. The van der Waals surface area contributed by atoms with Crippen molar-refractivity contribution in [1.29, 1.82) is 0 Å². The van der Waals surface area contributed by atoms with Gasteiger partial charge in [-0.2, -0.15) is 5.10 Å². The van der Waals surface area contributed by atoms with E-state index in [0.717, 1.165) is 17.7 Å². The van der Waals surface area contributed by atoms with Crippen molar-refractivity contribution in [1.82, 2.24) is 5.43 Å². The van der Waals surface area contributed by atoms with Crippen LogP contribution in [0.15, 0.2) is 35.4 Å². The lowest BCUT2D eigenvalue weighted by Gasteiger charge is -2.09. The third-order valence-electron chi connectivity index (χ3n) is 2.01. The maximum Gasteiger partial charge on any atom is 0.332 e. The SMILES string of the molecule is CC(C)CC(=NNC(N)=O)c1ccccc1. The summed E-state index contributed by atoms with van der Waals surface area (Å²) in [6.07, 6.45) is 0.796. The van der Waals surface area contributed by atoms with Gasteiger partial charge in [0.25, 0.3) is 0 Å². The molecule has 0 aliphatic heterocycles. The Bertz CT molecular complexity index is 371. The number of rotatable bonds is 4. The molecule has 4 nitrogen and oxygen atoms in total. The average molecular weight is 219 g/mol. The van der Waals surface area contributed by atoms with Crippen LogP contribution >= 0.6 is 0 Å². The van der Waals surface area contributed by atoms with E-state index in [9.17, 15) is 4.79 Å². The van der Waals surface area contributed by atoms with Gasteiger partial charge in [0, 0.05) is 0 Å². The molecular weight excluding hydrogens is 202 g/mol. The molecule has 0 bridgehead atoms. The number of benzene rings is 1. The van der Waals surface area contributed by atoms with Crippen LogP contribution in [0.4, 0.5) is 4.79 Å². The molecule has 0 fully saturated rings. The summed E-state index contributed by atoms with van der Waals surface area (Å²) in [5.74, 6) is 0.466. The van der Waals surface area contributed by atoms with Crippen molar-refractivity contribution >= 4 is 11.7 Å². The Morgan fingerprint density at radius 2 is 2.00 bits per heavy atom. The van der Waals surface area contributed by atoms with Crippen molar-refractivity contribution < 1.29 is 4.79 Å². The van der Waals surface area contributed by atoms with E-state index in [1.54, 1.807) is 0 Å². The number of nitrogens with zero attached hydrogens (tertiary/aromatic N) is 1. The van der Waals surface area contributed by atoms with E-state index >= 15 is 0 Å². The van der Waals surface area contributed by atoms with Gasteiger partial charge in [-0.1, -0.05) is 44.2 Å². The van der Waals surface area contributed by atoms with Crippen LogP contribution in [-0.2, 0) is 0 Å². The van der Waals surface area contributed by atoms with E-state index in [-0.39, 0.29) is 0 Å². The number of urea groups is 1. The molecule has 0 aliphatic rings. The lowest BCUT2D eigenvalue weighted by molar-refractivity contribution is 0.249. The molecule has 0 spiro atoms. The van der Waals surface area contributed by atoms with Crippen LogP contribution in [0.2, 0.25) is 0 Å². The molecule has 0 aliphatic carbocycles. The Balaban J connectivity index is 2.87. The van der Waals surface area contributed by atoms with Gasteiger partial charge in [-0.15, -0.1) is 0 Å². The minimum absolute atomic E-state index is 0.466. The van der Waals surface area contributed by atoms with Crippen LogP contribution in [0, 0.1) is 5.92 Å². The maximum atomic E-state index is 10.6. The predicted octanol–water partition coefficient (Wildman–Crippen LogP) is 2.11. The Kier molecular flexibility index (Phi) is 4.51. The molecule has 3 N–H and O–H groups in total. The summed E-state index contributed by atoms with van der Waals surface area (Å²) < 4.78 is 0. The van der Waals surface area contributed by atoms with Crippen LogP contribution in [0.25, 0.3) is 0 Å². The molecule has 4 heteroatoms. The second-order valence-electron chi connectivity index (χ2n) is 4.00. The first-order valence-corrected chi connectivity index (χ1v) is 5.27. The highest BCUT2D eigenvalue weighted by molar-refractivity contribution is 6.01. The zero-order chi connectivity index (χ0) is 12.0. The Hall–Kier alpha value is -1.84. The van der Waals surface area contributed by atoms with E-state index in [4.69, 9.17) is 5.73 Å². The second-order valence-corrected chi connectivity index (χ2v) is 4.00. The van der Waals surface area contributed by atoms with Crippen LogP contribution in [0.1, 0.15) is 25.8 Å². The summed E-state index contributed by atoms with van der Waals surface area (Å²) in [4.78, 5) is 10.6. The van der Waals surface area contributed by atoms with E-state index in [2.05, 4.69) is 24.4 Å². The average Bonchev–Trinajstić information content (AvgIpc) is 2.25. The Labute approximate surface area is 95.5 Å². The van der Waals surface area contributed by atoms with E-state index < -0.39 is 6.03 Å². The van der Waals surface area contributed by atoms with Gasteiger partial charge in [-0.3, -0.25) is 0 Å². The van der Waals surface area contributed by atoms with Crippen molar-refractivity contribution in [2.45, 2.75) is 20.3 Å². The number of carbonyl (C=O) groups is 1. The van der Waals surface area contributed by atoms with Crippen molar-refractivity contribution in [2.75, 3.05) is 0 Å². The number of carbonyl (C=O) groups excluding carboxylic acids is 1. The highest BCUT2D eigenvalue weighted by Gasteiger charge is 2.06. The minimum Gasteiger partial charge on any atom is -0.350 e. The van der Waals surface area contributed by atoms with Gasteiger partial charge >= 0.3 is 6.03 Å². The molecule has 86 valence electrons. The fraction of sp³-hybridized carbons (Fsp3) is 0.333. The van der Waals surface area contributed by atoms with Gasteiger partial charge < -0.3 is 5.73 Å².